The highest BCUT2D eigenvalue weighted by Crippen LogP contribution is 2.40. The molecule has 154 valence electrons. The van der Waals surface area contributed by atoms with Crippen LogP contribution in [0.2, 0.25) is 0 Å². The number of aryl methyl sites for hydroxylation is 1. The minimum absolute atomic E-state index is 0.0696. The third-order valence-electron chi connectivity index (χ3n) is 5.81. The summed E-state index contributed by atoms with van der Waals surface area (Å²) in [4.78, 5) is 37.1. The molecular formula is C23H27NO5. The Bertz CT molecular complexity index is 853. The molecule has 6 nitrogen and oxygen atoms in total. The van der Waals surface area contributed by atoms with Crippen molar-refractivity contribution in [1.29, 1.82) is 0 Å². The molecule has 29 heavy (non-hydrogen) atoms. The molecule has 1 amide bonds. The zero-order chi connectivity index (χ0) is 21.1. The fourth-order valence-corrected chi connectivity index (χ4v) is 3.44. The predicted octanol–water partition coefficient (Wildman–Crippen LogP) is 3.53. The number of carbonyl (C=O) groups excluding carboxylic acids is 2. The average Bonchev–Trinajstić information content (AvgIpc) is 2.73. The number of rotatable bonds is 5. The van der Waals surface area contributed by atoms with Crippen LogP contribution in [0.5, 0.6) is 5.75 Å². The molecule has 0 bridgehead atoms. The van der Waals surface area contributed by atoms with Crippen molar-refractivity contribution in [2.75, 3.05) is 13.1 Å². The number of nitrogens with zero attached hydrogens (tertiary/aromatic N) is 1. The first-order valence-corrected chi connectivity index (χ1v) is 9.75. The van der Waals surface area contributed by atoms with Crippen LogP contribution in [0.25, 0.3) is 0 Å². The number of piperidine rings is 1. The van der Waals surface area contributed by atoms with Crippen molar-refractivity contribution < 1.29 is 24.5 Å². The molecule has 0 atom stereocenters. The molecule has 0 spiro atoms. The standard InChI is InChI=1S/C23H27NO5/c1-17-9-11-18(12-10-17)20(25)24-15-13-23(27,14-16-24)22(2,3)21(26)29-28-19-7-5-4-6-8-19/h4-12,27H,13-16H2,1-3H3. The molecule has 0 saturated carbocycles. The molecule has 1 aliphatic rings. The molecule has 1 fully saturated rings. The molecular weight excluding hydrogens is 370 g/mol. The second kappa shape index (κ2) is 8.25. The van der Waals surface area contributed by atoms with E-state index in [-0.39, 0.29) is 18.7 Å². The topological polar surface area (TPSA) is 76.1 Å². The van der Waals surface area contributed by atoms with E-state index in [1.165, 1.54) is 0 Å². The molecule has 0 radical (unpaired) electrons. The normalized spacial score (nSPS) is 16.2. The lowest BCUT2D eigenvalue weighted by molar-refractivity contribution is -0.238. The van der Waals surface area contributed by atoms with Gasteiger partial charge in [-0.3, -0.25) is 9.68 Å². The maximum atomic E-state index is 12.7. The van der Waals surface area contributed by atoms with Crippen LogP contribution in [0.4, 0.5) is 0 Å². The summed E-state index contributed by atoms with van der Waals surface area (Å²) in [6.07, 6.45) is 0.552. The molecule has 2 aromatic carbocycles. The summed E-state index contributed by atoms with van der Waals surface area (Å²) in [5.41, 5.74) is -0.780. The van der Waals surface area contributed by atoms with Crippen LogP contribution in [0.1, 0.15) is 42.6 Å². The van der Waals surface area contributed by atoms with Crippen LogP contribution >= 0.6 is 0 Å². The van der Waals surface area contributed by atoms with Crippen molar-refractivity contribution >= 4 is 11.9 Å². The number of para-hydroxylation sites is 1. The lowest BCUT2D eigenvalue weighted by Gasteiger charge is -2.45. The minimum atomic E-state index is -1.30. The van der Waals surface area contributed by atoms with E-state index in [4.69, 9.17) is 9.78 Å². The molecule has 1 aliphatic heterocycles. The van der Waals surface area contributed by atoms with Crippen molar-refractivity contribution in [3.8, 4) is 5.75 Å². The van der Waals surface area contributed by atoms with Crippen LogP contribution in [-0.4, -0.2) is 40.6 Å². The van der Waals surface area contributed by atoms with Gasteiger partial charge in [0.1, 0.15) is 0 Å². The minimum Gasteiger partial charge on any atom is -0.389 e. The van der Waals surface area contributed by atoms with E-state index in [0.29, 0.717) is 24.4 Å². The highest BCUT2D eigenvalue weighted by Gasteiger charge is 2.52. The summed E-state index contributed by atoms with van der Waals surface area (Å²) < 4.78 is 0. The lowest BCUT2D eigenvalue weighted by atomic mass is 9.69. The van der Waals surface area contributed by atoms with E-state index in [9.17, 15) is 14.7 Å². The van der Waals surface area contributed by atoms with Crippen LogP contribution in [0.15, 0.2) is 54.6 Å². The van der Waals surface area contributed by atoms with E-state index in [0.717, 1.165) is 5.56 Å². The number of benzene rings is 2. The number of hydrogen-bond acceptors (Lipinski definition) is 5. The van der Waals surface area contributed by atoms with Gasteiger partial charge in [0, 0.05) is 18.7 Å². The zero-order valence-electron chi connectivity index (χ0n) is 17.1. The SMILES string of the molecule is Cc1ccc(C(=O)N2CCC(O)(C(C)(C)C(=O)OOc3ccccc3)CC2)cc1. The monoisotopic (exact) mass is 397 g/mol. The van der Waals surface area contributed by atoms with Gasteiger partial charge in [0.25, 0.3) is 5.91 Å². The van der Waals surface area contributed by atoms with E-state index in [1.807, 2.05) is 25.1 Å². The van der Waals surface area contributed by atoms with Gasteiger partial charge in [0.15, 0.2) is 5.75 Å². The average molecular weight is 397 g/mol. The Kier molecular flexibility index (Phi) is 5.94. The Morgan fingerprint density at radius 3 is 2.17 bits per heavy atom. The van der Waals surface area contributed by atoms with E-state index < -0.39 is 17.0 Å². The van der Waals surface area contributed by atoms with Gasteiger partial charge < -0.3 is 10.0 Å². The van der Waals surface area contributed by atoms with Gasteiger partial charge in [-0.1, -0.05) is 35.9 Å². The first kappa shape index (κ1) is 20.9. The molecule has 0 aromatic heterocycles. The summed E-state index contributed by atoms with van der Waals surface area (Å²) in [6.45, 7) is 5.97. The second-order valence-corrected chi connectivity index (χ2v) is 8.08. The summed E-state index contributed by atoms with van der Waals surface area (Å²) in [7, 11) is 0. The van der Waals surface area contributed by atoms with Crippen molar-refractivity contribution in [3.63, 3.8) is 0 Å². The van der Waals surface area contributed by atoms with Crippen LogP contribution in [-0.2, 0) is 9.68 Å². The number of carbonyl (C=O) groups is 2. The number of hydrogen-bond donors (Lipinski definition) is 1. The van der Waals surface area contributed by atoms with E-state index in [1.54, 1.807) is 55.1 Å². The first-order valence-electron chi connectivity index (χ1n) is 9.75. The maximum Gasteiger partial charge on any atom is 0.363 e. The van der Waals surface area contributed by atoms with E-state index >= 15 is 0 Å². The zero-order valence-corrected chi connectivity index (χ0v) is 17.1. The molecule has 1 N–H and O–H groups in total. The number of likely N-dealkylation sites (tertiary alicyclic amines) is 1. The summed E-state index contributed by atoms with van der Waals surface area (Å²) in [5.74, 6) is -0.316. The molecule has 2 aromatic rings. The van der Waals surface area contributed by atoms with E-state index in [2.05, 4.69) is 0 Å². The van der Waals surface area contributed by atoms with Crippen LogP contribution in [0, 0.1) is 12.3 Å². The third kappa shape index (κ3) is 4.43. The van der Waals surface area contributed by atoms with Gasteiger partial charge >= 0.3 is 5.97 Å². The maximum absolute atomic E-state index is 12.7. The highest BCUT2D eigenvalue weighted by molar-refractivity contribution is 5.94. The second-order valence-electron chi connectivity index (χ2n) is 8.08. The Hall–Kier alpha value is -2.86. The van der Waals surface area contributed by atoms with Crippen molar-refractivity contribution in [3.05, 3.63) is 65.7 Å². The highest BCUT2D eigenvalue weighted by atomic mass is 17.2. The van der Waals surface area contributed by atoms with Gasteiger partial charge in [0.2, 0.25) is 0 Å². The van der Waals surface area contributed by atoms with Crippen molar-refractivity contribution in [2.24, 2.45) is 5.41 Å². The fraction of sp³-hybridized carbons (Fsp3) is 0.391. The molecule has 1 saturated heterocycles. The quantitative estimate of drug-likeness (QED) is 0.617. The van der Waals surface area contributed by atoms with Crippen molar-refractivity contribution in [2.45, 2.75) is 39.2 Å². The largest absolute Gasteiger partial charge is 0.389 e. The van der Waals surface area contributed by atoms with Crippen LogP contribution in [0.3, 0.4) is 0 Å². The van der Waals surface area contributed by atoms with Gasteiger partial charge in [-0.05, 0) is 57.9 Å². The fourth-order valence-electron chi connectivity index (χ4n) is 3.44. The molecule has 0 aliphatic carbocycles. The molecule has 0 unspecified atom stereocenters. The lowest BCUT2D eigenvalue weighted by Crippen LogP contribution is -2.57. The van der Waals surface area contributed by atoms with Crippen LogP contribution < -0.4 is 4.89 Å². The summed E-state index contributed by atoms with van der Waals surface area (Å²) in [5, 5.41) is 11.2. The Morgan fingerprint density at radius 1 is 1.00 bits per heavy atom. The molecule has 3 rings (SSSR count). The summed E-state index contributed by atoms with van der Waals surface area (Å²) >= 11 is 0. The predicted molar refractivity (Wildman–Crippen MR) is 108 cm³/mol. The van der Waals surface area contributed by atoms with Crippen molar-refractivity contribution in [1.82, 2.24) is 4.90 Å². The van der Waals surface area contributed by atoms with Gasteiger partial charge in [0.05, 0.1) is 11.0 Å². The Labute approximate surface area is 171 Å². The molecule has 6 heteroatoms. The molecule has 1 heterocycles. The summed E-state index contributed by atoms with van der Waals surface area (Å²) in [6, 6.07) is 16.1. The van der Waals surface area contributed by atoms with Gasteiger partial charge in [-0.2, -0.15) is 0 Å². The van der Waals surface area contributed by atoms with Gasteiger partial charge in [-0.25, -0.2) is 9.68 Å². The first-order chi connectivity index (χ1) is 13.7. The van der Waals surface area contributed by atoms with Gasteiger partial charge in [-0.15, -0.1) is 0 Å². The Balaban J connectivity index is 1.61. The number of aliphatic hydroxyl groups is 1. The Morgan fingerprint density at radius 2 is 1.59 bits per heavy atom. The number of amides is 1. The smallest absolute Gasteiger partial charge is 0.363 e. The third-order valence-corrected chi connectivity index (χ3v) is 5.81.